The van der Waals surface area contributed by atoms with Crippen LogP contribution in [0, 0.1) is 0 Å². The van der Waals surface area contributed by atoms with Gasteiger partial charge in [-0.2, -0.15) is 34.8 Å². The van der Waals surface area contributed by atoms with Gasteiger partial charge in [-0.3, -0.25) is 4.18 Å². The highest BCUT2D eigenvalue weighted by Gasteiger charge is 2.39. The second-order valence-electron chi connectivity index (χ2n) is 5.31. The smallest absolute Gasteiger partial charge is 0.358 e. The van der Waals surface area contributed by atoms with Gasteiger partial charge >= 0.3 is 12.4 Å². The fourth-order valence-electron chi connectivity index (χ4n) is 2.10. The van der Waals surface area contributed by atoms with Crippen LogP contribution in [-0.2, 0) is 26.7 Å². The number of benzene rings is 1. The van der Waals surface area contributed by atoms with Gasteiger partial charge in [0.2, 0.25) is 0 Å². The minimum absolute atomic E-state index is 0.0277. The topological polar surface area (TPSA) is 69.4 Å². The molecule has 0 saturated heterocycles. The van der Waals surface area contributed by atoms with E-state index in [9.17, 15) is 34.8 Å². The van der Waals surface area contributed by atoms with Gasteiger partial charge in [0, 0.05) is 11.6 Å². The second kappa shape index (κ2) is 6.58. The molecule has 0 aliphatic heterocycles. The van der Waals surface area contributed by atoms with Gasteiger partial charge < -0.3 is 4.52 Å². The van der Waals surface area contributed by atoms with Crippen molar-refractivity contribution >= 4 is 10.1 Å². The maximum atomic E-state index is 13.2. The molecule has 0 radical (unpaired) electrons. The van der Waals surface area contributed by atoms with Gasteiger partial charge in [0.1, 0.15) is 11.8 Å². The minimum atomic E-state index is -5.08. The zero-order valence-electron chi connectivity index (χ0n) is 13.1. The van der Waals surface area contributed by atoms with Crippen molar-refractivity contribution in [3.8, 4) is 11.3 Å². The summed E-state index contributed by atoms with van der Waals surface area (Å²) >= 11 is 0. The third-order valence-electron chi connectivity index (χ3n) is 3.18. The molecule has 1 aromatic heterocycles. The van der Waals surface area contributed by atoms with Gasteiger partial charge in [0.15, 0.2) is 5.76 Å². The lowest BCUT2D eigenvalue weighted by atomic mass is 10.00. The van der Waals surface area contributed by atoms with Crippen molar-refractivity contribution in [3.05, 3.63) is 41.2 Å². The predicted octanol–water partition coefficient (Wildman–Crippen LogP) is 4.42. The van der Waals surface area contributed by atoms with Gasteiger partial charge in [-0.25, -0.2) is 0 Å². The van der Waals surface area contributed by atoms with Gasteiger partial charge in [0.25, 0.3) is 10.1 Å². The zero-order chi connectivity index (χ0) is 19.9. The third-order valence-corrected chi connectivity index (χ3v) is 3.81. The molecule has 0 fully saturated rings. The van der Waals surface area contributed by atoms with E-state index in [1.54, 1.807) is 0 Å². The second-order valence-corrected chi connectivity index (χ2v) is 6.91. The van der Waals surface area contributed by atoms with E-state index in [2.05, 4.69) is 9.34 Å². The van der Waals surface area contributed by atoms with Gasteiger partial charge in [-0.05, 0) is 19.1 Å². The van der Waals surface area contributed by atoms with Crippen LogP contribution < -0.4 is 0 Å². The van der Waals surface area contributed by atoms with Crippen molar-refractivity contribution in [2.24, 2.45) is 0 Å². The first-order chi connectivity index (χ1) is 11.7. The van der Waals surface area contributed by atoms with Gasteiger partial charge in [-0.15, -0.1) is 0 Å². The van der Waals surface area contributed by atoms with Crippen molar-refractivity contribution < 1.29 is 43.5 Å². The van der Waals surface area contributed by atoms with E-state index in [-0.39, 0.29) is 11.8 Å². The Balaban J connectivity index is 2.49. The molecule has 0 N–H and O–H groups in total. The van der Waals surface area contributed by atoms with Gasteiger partial charge in [0.05, 0.1) is 17.4 Å². The predicted molar refractivity (Wildman–Crippen MR) is 76.3 cm³/mol. The quantitative estimate of drug-likeness (QED) is 0.559. The number of rotatable bonds is 4. The molecule has 1 unspecified atom stereocenters. The highest BCUT2D eigenvalue weighted by molar-refractivity contribution is 7.86. The van der Waals surface area contributed by atoms with Crippen molar-refractivity contribution in [1.29, 1.82) is 0 Å². The SMILES string of the molecule is CC(OS(C)(=O)=O)c1cc(-c2ccc(C(F)(F)F)cc2C(F)(F)F)no1. The highest BCUT2D eigenvalue weighted by Crippen LogP contribution is 2.41. The lowest BCUT2D eigenvalue weighted by Gasteiger charge is -2.14. The molecule has 26 heavy (non-hydrogen) atoms. The van der Waals surface area contributed by atoms with E-state index in [1.807, 2.05) is 0 Å². The summed E-state index contributed by atoms with van der Waals surface area (Å²) < 4.78 is 109. The van der Waals surface area contributed by atoms with Gasteiger partial charge in [-0.1, -0.05) is 11.2 Å². The molecule has 0 spiro atoms. The molecule has 1 heterocycles. The van der Waals surface area contributed by atoms with Crippen molar-refractivity contribution in [2.75, 3.05) is 6.26 Å². The number of aromatic nitrogens is 1. The molecule has 0 amide bonds. The Morgan fingerprint density at radius 1 is 1.08 bits per heavy atom. The summed E-state index contributed by atoms with van der Waals surface area (Å²) in [6.07, 6.45) is -10.5. The van der Waals surface area contributed by atoms with Crippen LogP contribution in [0.25, 0.3) is 11.3 Å². The molecular weight excluding hydrogens is 392 g/mol. The molecule has 2 aromatic rings. The Morgan fingerprint density at radius 3 is 2.19 bits per heavy atom. The minimum Gasteiger partial charge on any atom is -0.358 e. The zero-order valence-corrected chi connectivity index (χ0v) is 14.0. The molecule has 0 saturated carbocycles. The number of alkyl halides is 6. The standard InChI is InChI=1S/C14H11F6NO4S/c1-7(25-26(2,22)23)12-6-11(21-24-12)9-4-3-8(13(15,16)17)5-10(9)14(18,19)20/h3-7H,1-2H3. The molecule has 0 aliphatic rings. The number of hydrogen-bond donors (Lipinski definition) is 0. The largest absolute Gasteiger partial charge is 0.417 e. The Kier molecular flexibility index (Phi) is 5.12. The Hall–Kier alpha value is -2.08. The molecular formula is C14H11F6NO4S. The molecule has 12 heteroatoms. The third kappa shape index (κ3) is 4.75. The van der Waals surface area contributed by atoms with E-state index in [1.165, 1.54) is 6.92 Å². The van der Waals surface area contributed by atoms with Crippen LogP contribution in [-0.4, -0.2) is 19.8 Å². The summed E-state index contributed by atoms with van der Waals surface area (Å²) in [6, 6.07) is 2.04. The summed E-state index contributed by atoms with van der Waals surface area (Å²) in [7, 11) is -3.87. The maximum Gasteiger partial charge on any atom is 0.417 e. The molecule has 2 rings (SSSR count). The van der Waals surface area contributed by atoms with Crippen LogP contribution >= 0.6 is 0 Å². The fourth-order valence-corrected chi connectivity index (χ4v) is 2.72. The Bertz CT molecular complexity index is 901. The number of nitrogens with zero attached hydrogens (tertiary/aromatic N) is 1. The summed E-state index contributed by atoms with van der Waals surface area (Å²) in [5.74, 6) is -0.210. The van der Waals surface area contributed by atoms with E-state index in [0.717, 1.165) is 12.3 Å². The Morgan fingerprint density at radius 2 is 1.69 bits per heavy atom. The van der Waals surface area contributed by atoms with Crippen molar-refractivity contribution in [2.45, 2.75) is 25.4 Å². The normalized spacial score (nSPS) is 14.5. The monoisotopic (exact) mass is 403 g/mol. The highest BCUT2D eigenvalue weighted by atomic mass is 32.2. The van der Waals surface area contributed by atoms with E-state index >= 15 is 0 Å². The van der Waals surface area contributed by atoms with Crippen LogP contribution in [0.1, 0.15) is 29.9 Å². The average Bonchev–Trinajstić information content (AvgIpc) is 2.92. The van der Waals surface area contributed by atoms with E-state index < -0.39 is 51.0 Å². The summed E-state index contributed by atoms with van der Waals surface area (Å²) in [6.45, 7) is 1.25. The van der Waals surface area contributed by atoms with Crippen LogP contribution in [0.15, 0.2) is 28.8 Å². The Labute approximate surface area is 143 Å². The van der Waals surface area contributed by atoms with E-state index in [0.29, 0.717) is 12.1 Å². The lowest BCUT2D eigenvalue weighted by molar-refractivity contribution is -0.142. The molecule has 0 bridgehead atoms. The molecule has 1 atom stereocenters. The van der Waals surface area contributed by atoms with Crippen molar-refractivity contribution in [3.63, 3.8) is 0 Å². The first-order valence-electron chi connectivity index (χ1n) is 6.82. The van der Waals surface area contributed by atoms with Crippen molar-refractivity contribution in [1.82, 2.24) is 5.16 Å². The van der Waals surface area contributed by atoms with Crippen LogP contribution in [0.3, 0.4) is 0 Å². The summed E-state index contributed by atoms with van der Waals surface area (Å²) in [5.41, 5.74) is -4.08. The summed E-state index contributed by atoms with van der Waals surface area (Å²) in [5, 5.41) is 3.37. The van der Waals surface area contributed by atoms with E-state index in [4.69, 9.17) is 4.52 Å². The van der Waals surface area contributed by atoms with Crippen LogP contribution in [0.4, 0.5) is 26.3 Å². The number of halogens is 6. The number of hydrogen-bond acceptors (Lipinski definition) is 5. The lowest BCUT2D eigenvalue weighted by Crippen LogP contribution is -2.12. The molecule has 1 aromatic carbocycles. The van der Waals surface area contributed by atoms with Crippen LogP contribution in [0.5, 0.6) is 0 Å². The maximum absolute atomic E-state index is 13.2. The molecule has 144 valence electrons. The average molecular weight is 403 g/mol. The molecule has 0 aliphatic carbocycles. The first kappa shape index (κ1) is 20.2. The fraction of sp³-hybridized carbons (Fsp3) is 0.357. The van der Waals surface area contributed by atoms with Crippen LogP contribution in [0.2, 0.25) is 0 Å². The molecule has 5 nitrogen and oxygen atoms in total. The summed E-state index contributed by atoms with van der Waals surface area (Å²) in [4.78, 5) is 0. The first-order valence-corrected chi connectivity index (χ1v) is 8.64.